The molecular weight excluding hydrogens is 312 g/mol. The number of nitrogens with one attached hydrogen (secondary N) is 1. The summed E-state index contributed by atoms with van der Waals surface area (Å²) in [4.78, 5) is 14.0. The molecule has 0 bridgehead atoms. The molecule has 1 aliphatic rings. The van der Waals surface area contributed by atoms with E-state index in [2.05, 4.69) is 17.4 Å². The van der Waals surface area contributed by atoms with Crippen LogP contribution in [0.5, 0.6) is 0 Å². The van der Waals surface area contributed by atoms with Crippen molar-refractivity contribution in [3.63, 3.8) is 0 Å². The van der Waals surface area contributed by atoms with E-state index in [1.54, 1.807) is 6.26 Å². The number of urea groups is 1. The molecule has 0 aliphatic carbocycles. The summed E-state index contributed by atoms with van der Waals surface area (Å²) in [5, 5.41) is 3.02. The third-order valence-corrected chi connectivity index (χ3v) is 5.49. The van der Waals surface area contributed by atoms with E-state index in [0.717, 1.165) is 12.8 Å². The highest BCUT2D eigenvalue weighted by Crippen LogP contribution is 2.12. The zero-order valence-electron chi connectivity index (χ0n) is 13.9. The predicted molar refractivity (Wildman–Crippen MR) is 93.0 cm³/mol. The average molecular weight is 338 g/mol. The molecule has 1 aromatic rings. The lowest BCUT2D eigenvalue weighted by Crippen LogP contribution is -2.50. The van der Waals surface area contributed by atoms with Gasteiger partial charge in [0.05, 0.1) is 12.7 Å². The summed E-state index contributed by atoms with van der Waals surface area (Å²) in [5.74, 6) is 0. The smallest absolute Gasteiger partial charge is 0.317 e. The van der Waals surface area contributed by atoms with Gasteiger partial charge in [0.25, 0.3) is 0 Å². The number of hydrogen-bond acceptors (Lipinski definition) is 3. The van der Waals surface area contributed by atoms with Crippen molar-refractivity contribution in [3.05, 3.63) is 35.9 Å². The summed E-state index contributed by atoms with van der Waals surface area (Å²) in [7, 11) is -0.843. The second-order valence-electron chi connectivity index (χ2n) is 5.96. The maximum Gasteiger partial charge on any atom is 0.317 e. The Morgan fingerprint density at radius 1 is 1.43 bits per heavy atom. The normalized spacial score (nSPS) is 20.8. The van der Waals surface area contributed by atoms with E-state index < -0.39 is 10.8 Å². The van der Waals surface area contributed by atoms with Crippen molar-refractivity contribution in [2.24, 2.45) is 0 Å². The number of nitrogens with zero attached hydrogens (tertiary/aromatic N) is 1. The minimum absolute atomic E-state index is 0.0407. The first-order chi connectivity index (χ1) is 11.1. The summed E-state index contributed by atoms with van der Waals surface area (Å²) in [6.07, 6.45) is 3.28. The molecule has 1 aliphatic heterocycles. The van der Waals surface area contributed by atoms with E-state index >= 15 is 0 Å². The largest absolute Gasteiger partial charge is 0.374 e. The van der Waals surface area contributed by atoms with E-state index in [9.17, 15) is 9.00 Å². The molecule has 3 atom stereocenters. The van der Waals surface area contributed by atoms with Crippen LogP contribution in [-0.2, 0) is 22.0 Å². The Hall–Kier alpha value is -1.40. The Bertz CT molecular complexity index is 524. The van der Waals surface area contributed by atoms with Crippen LogP contribution >= 0.6 is 0 Å². The van der Waals surface area contributed by atoms with Crippen molar-refractivity contribution in [3.8, 4) is 0 Å². The van der Waals surface area contributed by atoms with Crippen molar-refractivity contribution in [1.82, 2.24) is 10.2 Å². The zero-order chi connectivity index (χ0) is 16.7. The van der Waals surface area contributed by atoms with E-state index in [4.69, 9.17) is 4.74 Å². The molecule has 0 aromatic heterocycles. The van der Waals surface area contributed by atoms with Crippen molar-refractivity contribution < 1.29 is 13.7 Å². The fourth-order valence-electron chi connectivity index (χ4n) is 2.56. The molecule has 0 spiro atoms. The number of ether oxygens (including phenoxy) is 1. The fourth-order valence-corrected chi connectivity index (χ4v) is 3.01. The Morgan fingerprint density at radius 3 is 2.87 bits per heavy atom. The van der Waals surface area contributed by atoms with Crippen LogP contribution in [0.1, 0.15) is 18.9 Å². The number of hydrogen-bond donors (Lipinski definition) is 1. The first-order valence-corrected chi connectivity index (χ1v) is 9.69. The first-order valence-electron chi connectivity index (χ1n) is 8.07. The number of rotatable bonds is 6. The third-order valence-electron chi connectivity index (χ3n) is 4.13. The monoisotopic (exact) mass is 338 g/mol. The maximum atomic E-state index is 12.2. The summed E-state index contributed by atoms with van der Waals surface area (Å²) < 4.78 is 17.1. The van der Waals surface area contributed by atoms with Crippen molar-refractivity contribution >= 4 is 16.8 Å². The number of carbonyl (C=O) groups excluding carboxylic acids is 1. The van der Waals surface area contributed by atoms with Gasteiger partial charge < -0.3 is 15.0 Å². The molecule has 1 N–H and O–H groups in total. The summed E-state index contributed by atoms with van der Waals surface area (Å²) >= 11 is 0. The van der Waals surface area contributed by atoms with Gasteiger partial charge in [-0.2, -0.15) is 0 Å². The molecule has 1 fully saturated rings. The molecule has 128 valence electrons. The summed E-state index contributed by atoms with van der Waals surface area (Å²) in [6.45, 7) is 4.29. The molecule has 1 heterocycles. The highest BCUT2D eigenvalue weighted by Gasteiger charge is 2.24. The van der Waals surface area contributed by atoms with Crippen LogP contribution in [0.2, 0.25) is 0 Å². The molecule has 2 amide bonds. The molecule has 6 heteroatoms. The SMILES string of the molecule is C[C@H](CCNC(=O)N1CCO[C@H](Cc2ccccc2)C1)[S@](C)=O. The number of benzene rings is 1. The van der Waals surface area contributed by atoms with Crippen LogP contribution in [0, 0.1) is 0 Å². The molecule has 5 nitrogen and oxygen atoms in total. The van der Waals surface area contributed by atoms with Crippen molar-refractivity contribution in [1.29, 1.82) is 0 Å². The lowest BCUT2D eigenvalue weighted by molar-refractivity contribution is -0.0132. The highest BCUT2D eigenvalue weighted by atomic mass is 32.2. The lowest BCUT2D eigenvalue weighted by Gasteiger charge is -2.33. The van der Waals surface area contributed by atoms with Gasteiger partial charge in [-0.1, -0.05) is 37.3 Å². The van der Waals surface area contributed by atoms with Gasteiger partial charge in [-0.25, -0.2) is 4.79 Å². The van der Waals surface area contributed by atoms with E-state index in [1.165, 1.54) is 5.56 Å². The van der Waals surface area contributed by atoms with E-state index in [0.29, 0.717) is 26.2 Å². The van der Waals surface area contributed by atoms with Crippen LogP contribution < -0.4 is 5.32 Å². The maximum absolute atomic E-state index is 12.2. The van der Waals surface area contributed by atoms with Crippen LogP contribution in [-0.4, -0.2) is 59.0 Å². The topological polar surface area (TPSA) is 58.6 Å². The molecular formula is C17H26N2O3S. The fraction of sp³-hybridized carbons (Fsp3) is 0.588. The van der Waals surface area contributed by atoms with Crippen LogP contribution in [0.15, 0.2) is 30.3 Å². The van der Waals surface area contributed by atoms with Gasteiger partial charge in [0.15, 0.2) is 0 Å². The molecule has 1 aromatic carbocycles. The van der Waals surface area contributed by atoms with Gasteiger partial charge in [0.1, 0.15) is 0 Å². The van der Waals surface area contributed by atoms with Crippen LogP contribution in [0.25, 0.3) is 0 Å². The van der Waals surface area contributed by atoms with Gasteiger partial charge >= 0.3 is 6.03 Å². The Balaban J connectivity index is 1.76. The average Bonchev–Trinajstić information content (AvgIpc) is 2.55. The number of morpholine rings is 1. The first kappa shape index (κ1) is 17.9. The number of carbonyl (C=O) groups is 1. The van der Waals surface area contributed by atoms with Gasteiger partial charge in [-0.05, 0) is 12.0 Å². The summed E-state index contributed by atoms with van der Waals surface area (Å²) in [6, 6.07) is 10.1. The summed E-state index contributed by atoms with van der Waals surface area (Å²) in [5.41, 5.74) is 1.22. The second kappa shape index (κ2) is 9.03. The molecule has 2 rings (SSSR count). The second-order valence-corrected chi connectivity index (χ2v) is 7.76. The van der Waals surface area contributed by atoms with Crippen LogP contribution in [0.4, 0.5) is 4.79 Å². The van der Waals surface area contributed by atoms with E-state index in [-0.39, 0.29) is 17.4 Å². The molecule has 23 heavy (non-hydrogen) atoms. The van der Waals surface area contributed by atoms with Crippen molar-refractivity contribution in [2.45, 2.75) is 31.1 Å². The molecule has 0 radical (unpaired) electrons. The van der Waals surface area contributed by atoms with Crippen molar-refractivity contribution in [2.75, 3.05) is 32.5 Å². The quantitative estimate of drug-likeness (QED) is 0.860. The number of amides is 2. The van der Waals surface area contributed by atoms with Crippen LogP contribution in [0.3, 0.4) is 0 Å². The lowest BCUT2D eigenvalue weighted by atomic mass is 10.1. The van der Waals surface area contributed by atoms with E-state index in [1.807, 2.05) is 30.0 Å². The van der Waals surface area contributed by atoms with Gasteiger partial charge in [0, 0.05) is 48.4 Å². The minimum atomic E-state index is -0.843. The Labute approximate surface area is 140 Å². The van der Waals surface area contributed by atoms with Gasteiger partial charge in [-0.3, -0.25) is 4.21 Å². The predicted octanol–water partition coefficient (Wildman–Crippen LogP) is 1.80. The van der Waals surface area contributed by atoms with Gasteiger partial charge in [0.2, 0.25) is 0 Å². The van der Waals surface area contributed by atoms with Gasteiger partial charge in [-0.15, -0.1) is 0 Å². The zero-order valence-corrected chi connectivity index (χ0v) is 14.7. The molecule has 1 saturated heterocycles. The molecule has 0 saturated carbocycles. The Morgan fingerprint density at radius 2 is 2.17 bits per heavy atom. The Kier molecular flexibility index (Phi) is 7.05. The third kappa shape index (κ3) is 5.95. The minimum Gasteiger partial charge on any atom is -0.374 e. The molecule has 0 unspecified atom stereocenters. The highest BCUT2D eigenvalue weighted by molar-refractivity contribution is 7.84. The standard InChI is InChI=1S/C17H26N2O3S/c1-14(23(2)21)8-9-18-17(20)19-10-11-22-16(13-19)12-15-6-4-3-5-7-15/h3-7,14,16H,8-13H2,1-2H3,(H,18,20)/t14-,16-,23+/m1/s1.